The molecule has 2 N–H and O–H groups in total. The van der Waals surface area contributed by atoms with Crippen LogP contribution in [0.1, 0.15) is 74.1 Å². The van der Waals surface area contributed by atoms with E-state index in [0.717, 1.165) is 12.8 Å². The van der Waals surface area contributed by atoms with Gasteiger partial charge in [-0.3, -0.25) is 9.59 Å². The van der Waals surface area contributed by atoms with Crippen LogP contribution < -0.4 is 10.6 Å². The van der Waals surface area contributed by atoms with Crippen molar-refractivity contribution >= 4 is 11.8 Å². The maximum atomic E-state index is 12.2. The Morgan fingerprint density at radius 2 is 1.77 bits per heavy atom. The summed E-state index contributed by atoms with van der Waals surface area (Å²) in [6.45, 7) is 20.8. The van der Waals surface area contributed by atoms with Gasteiger partial charge in [0.05, 0.1) is 12.2 Å². The second-order valence-electron chi connectivity index (χ2n) is 10.8. The summed E-state index contributed by atoms with van der Waals surface area (Å²) in [6, 6.07) is 0. The second-order valence-corrected chi connectivity index (χ2v) is 10.8. The first-order valence-electron chi connectivity index (χ1n) is 11.6. The maximum absolute atomic E-state index is 12.2. The van der Waals surface area contributed by atoms with Gasteiger partial charge < -0.3 is 20.1 Å². The molecule has 0 aliphatic heterocycles. The van der Waals surface area contributed by atoms with Crippen LogP contribution in [0.4, 0.5) is 0 Å². The Morgan fingerprint density at radius 3 is 2.35 bits per heavy atom. The zero-order chi connectivity index (χ0) is 23.9. The maximum Gasteiger partial charge on any atom is 0.225 e. The standard InChI is InChI=1S/C25H46N2O4/c1-18(2)16-20-19(3)25(20,8)17-27-21(28)10-13-30-14-12-24(6,7)31-15-11-23(4,5)22(29)26-9/h18,20H,3,10-17H2,1-2,4-9H3,(H,26,29)(H,27,28). The van der Waals surface area contributed by atoms with E-state index in [0.29, 0.717) is 51.0 Å². The lowest BCUT2D eigenvalue weighted by molar-refractivity contribution is -0.131. The van der Waals surface area contributed by atoms with Gasteiger partial charge in [0.1, 0.15) is 0 Å². The van der Waals surface area contributed by atoms with E-state index >= 15 is 0 Å². The Labute approximate surface area is 189 Å². The van der Waals surface area contributed by atoms with E-state index in [2.05, 4.69) is 38.0 Å². The first kappa shape index (κ1) is 27.6. The van der Waals surface area contributed by atoms with Gasteiger partial charge in [-0.05, 0) is 44.9 Å². The summed E-state index contributed by atoms with van der Waals surface area (Å²) in [5, 5.41) is 5.74. The van der Waals surface area contributed by atoms with Gasteiger partial charge in [-0.15, -0.1) is 0 Å². The minimum atomic E-state index is -0.451. The molecule has 0 bridgehead atoms. The second kappa shape index (κ2) is 11.5. The smallest absolute Gasteiger partial charge is 0.225 e. The number of carbonyl (C=O) groups excluding carboxylic acids is 2. The lowest BCUT2D eigenvalue weighted by Crippen LogP contribution is -2.36. The van der Waals surface area contributed by atoms with Gasteiger partial charge in [-0.25, -0.2) is 0 Å². The number of carbonyl (C=O) groups is 2. The lowest BCUT2D eigenvalue weighted by Gasteiger charge is -2.28. The molecular formula is C25H46N2O4. The van der Waals surface area contributed by atoms with Crippen LogP contribution in [0.3, 0.4) is 0 Å². The van der Waals surface area contributed by atoms with Crippen molar-refractivity contribution in [3.63, 3.8) is 0 Å². The molecular weight excluding hydrogens is 392 g/mol. The van der Waals surface area contributed by atoms with Crippen LogP contribution >= 0.6 is 0 Å². The van der Waals surface area contributed by atoms with Crippen LogP contribution in [0.2, 0.25) is 0 Å². The lowest BCUT2D eigenvalue weighted by atomic mass is 9.88. The Bertz CT molecular complexity index is 627. The van der Waals surface area contributed by atoms with Gasteiger partial charge >= 0.3 is 0 Å². The zero-order valence-electron chi connectivity index (χ0n) is 21.2. The fourth-order valence-corrected chi connectivity index (χ4v) is 3.83. The summed E-state index contributed by atoms with van der Waals surface area (Å²) in [7, 11) is 1.65. The number of rotatable bonds is 15. The molecule has 0 aromatic heterocycles. The van der Waals surface area contributed by atoms with Gasteiger partial charge in [0.25, 0.3) is 0 Å². The SMILES string of the molecule is C=C1C(CC(C)C)C1(C)CNC(=O)CCOCCC(C)(C)OCCC(C)(C)C(=O)NC. The minimum absolute atomic E-state index is 0.0194. The minimum Gasteiger partial charge on any atom is -0.381 e. The number of ether oxygens (including phenoxy) is 2. The third-order valence-corrected chi connectivity index (χ3v) is 6.58. The molecule has 0 spiro atoms. The van der Waals surface area contributed by atoms with Crippen molar-refractivity contribution in [2.24, 2.45) is 22.7 Å². The van der Waals surface area contributed by atoms with Crippen LogP contribution in [0, 0.1) is 22.7 Å². The molecule has 0 radical (unpaired) electrons. The summed E-state index contributed by atoms with van der Waals surface area (Å²) in [6.07, 6.45) is 2.87. The highest BCUT2D eigenvalue weighted by Gasteiger charge is 2.54. The first-order valence-corrected chi connectivity index (χ1v) is 11.6. The molecule has 0 aromatic rings. The highest BCUT2D eigenvalue weighted by molar-refractivity contribution is 5.81. The fraction of sp³-hybridized carbons (Fsp3) is 0.840. The van der Waals surface area contributed by atoms with E-state index < -0.39 is 5.41 Å². The zero-order valence-corrected chi connectivity index (χ0v) is 21.2. The molecule has 1 fully saturated rings. The van der Waals surface area contributed by atoms with Gasteiger partial charge in [0.2, 0.25) is 11.8 Å². The molecule has 2 atom stereocenters. The van der Waals surface area contributed by atoms with Gasteiger partial charge in [-0.2, -0.15) is 0 Å². The predicted molar refractivity (Wildman–Crippen MR) is 126 cm³/mol. The summed E-state index contributed by atoms with van der Waals surface area (Å²) in [5.41, 5.74) is 0.522. The van der Waals surface area contributed by atoms with Crippen molar-refractivity contribution in [3.8, 4) is 0 Å². The molecule has 2 amide bonds. The molecule has 0 aromatic carbocycles. The van der Waals surface area contributed by atoms with E-state index in [-0.39, 0.29) is 22.8 Å². The van der Waals surface area contributed by atoms with Crippen molar-refractivity contribution in [2.75, 3.05) is 33.4 Å². The van der Waals surface area contributed by atoms with E-state index in [1.807, 2.05) is 27.7 Å². The third kappa shape index (κ3) is 8.93. The number of amides is 2. The summed E-state index contributed by atoms with van der Waals surface area (Å²) in [5.74, 6) is 1.21. The average Bonchev–Trinajstić information content (AvgIpc) is 3.17. The van der Waals surface area contributed by atoms with Gasteiger partial charge in [0.15, 0.2) is 0 Å². The largest absolute Gasteiger partial charge is 0.381 e. The molecule has 180 valence electrons. The van der Waals surface area contributed by atoms with Crippen LogP contribution in [-0.4, -0.2) is 50.8 Å². The fourth-order valence-electron chi connectivity index (χ4n) is 3.83. The van der Waals surface area contributed by atoms with Gasteiger partial charge in [0, 0.05) is 44.1 Å². The summed E-state index contributed by atoms with van der Waals surface area (Å²) >= 11 is 0. The molecule has 1 rings (SSSR count). The quantitative estimate of drug-likeness (QED) is 0.298. The van der Waals surface area contributed by atoms with Gasteiger partial charge in [-0.1, -0.05) is 46.8 Å². The van der Waals surface area contributed by atoms with Crippen molar-refractivity contribution in [3.05, 3.63) is 12.2 Å². The molecule has 1 aliphatic carbocycles. The Hall–Kier alpha value is -1.40. The summed E-state index contributed by atoms with van der Waals surface area (Å²) < 4.78 is 11.6. The Balaban J connectivity index is 2.17. The highest BCUT2D eigenvalue weighted by Crippen LogP contribution is 2.59. The molecule has 0 saturated heterocycles. The monoisotopic (exact) mass is 438 g/mol. The predicted octanol–water partition coefficient (Wildman–Crippen LogP) is 4.10. The number of hydrogen-bond donors (Lipinski definition) is 2. The van der Waals surface area contributed by atoms with E-state index in [1.165, 1.54) is 5.57 Å². The Kier molecular flexibility index (Phi) is 10.2. The van der Waals surface area contributed by atoms with Crippen molar-refractivity contribution in [1.82, 2.24) is 10.6 Å². The number of nitrogens with one attached hydrogen (secondary N) is 2. The topological polar surface area (TPSA) is 76.7 Å². The molecule has 0 heterocycles. The normalized spacial score (nSPS) is 21.3. The highest BCUT2D eigenvalue weighted by atomic mass is 16.5. The third-order valence-electron chi connectivity index (χ3n) is 6.58. The van der Waals surface area contributed by atoms with Crippen molar-refractivity contribution < 1.29 is 19.1 Å². The molecule has 6 heteroatoms. The van der Waals surface area contributed by atoms with E-state index in [9.17, 15) is 9.59 Å². The molecule has 6 nitrogen and oxygen atoms in total. The van der Waals surface area contributed by atoms with Crippen molar-refractivity contribution in [1.29, 1.82) is 0 Å². The molecule has 1 aliphatic rings. The van der Waals surface area contributed by atoms with Crippen LogP contribution in [0.25, 0.3) is 0 Å². The first-order chi connectivity index (χ1) is 14.2. The molecule has 2 unspecified atom stereocenters. The van der Waals surface area contributed by atoms with E-state index in [1.54, 1.807) is 7.05 Å². The molecule has 31 heavy (non-hydrogen) atoms. The summed E-state index contributed by atoms with van der Waals surface area (Å²) in [4.78, 5) is 24.0. The number of hydrogen-bond acceptors (Lipinski definition) is 4. The Morgan fingerprint density at radius 1 is 1.13 bits per heavy atom. The van der Waals surface area contributed by atoms with Crippen LogP contribution in [0.5, 0.6) is 0 Å². The van der Waals surface area contributed by atoms with Crippen molar-refractivity contribution in [2.45, 2.75) is 79.8 Å². The molecule has 1 saturated carbocycles. The van der Waals surface area contributed by atoms with E-state index in [4.69, 9.17) is 9.47 Å². The van der Waals surface area contributed by atoms with Crippen LogP contribution in [-0.2, 0) is 19.1 Å². The van der Waals surface area contributed by atoms with Crippen LogP contribution in [0.15, 0.2) is 12.2 Å². The average molecular weight is 439 g/mol.